The maximum Gasteiger partial charge on any atom is 0.469 e. The van der Waals surface area contributed by atoms with Gasteiger partial charge in [0.15, 0.2) is 0 Å². The third-order valence-corrected chi connectivity index (χ3v) is 5.59. The number of carbonyl (C=O) groups is 1. The van der Waals surface area contributed by atoms with Crippen molar-refractivity contribution in [2.75, 3.05) is 13.2 Å². The van der Waals surface area contributed by atoms with E-state index in [2.05, 4.69) is 11.4 Å². The summed E-state index contributed by atoms with van der Waals surface area (Å²) in [4.78, 5) is 28.6. The highest BCUT2D eigenvalue weighted by Crippen LogP contribution is 2.35. The Labute approximate surface area is 183 Å². The molecule has 0 aromatic rings. The van der Waals surface area contributed by atoms with E-state index in [0.29, 0.717) is 6.42 Å². The largest absolute Gasteiger partial charge is 0.469 e. The van der Waals surface area contributed by atoms with Gasteiger partial charge in [-0.15, -0.1) is 0 Å². The molecule has 0 fully saturated rings. The SMILES string of the molecule is CCCCCCCCCCCCCCCCCCC(=O)OC[C@@H](O)COP(=O)(O)O. The van der Waals surface area contributed by atoms with Crippen molar-refractivity contribution in [3.8, 4) is 0 Å². The lowest BCUT2D eigenvalue weighted by atomic mass is 10.0. The molecule has 0 spiro atoms. The first-order chi connectivity index (χ1) is 14.3. The van der Waals surface area contributed by atoms with Gasteiger partial charge >= 0.3 is 13.8 Å². The van der Waals surface area contributed by atoms with Gasteiger partial charge in [-0.1, -0.05) is 103 Å². The molecule has 0 unspecified atom stereocenters. The molecule has 3 N–H and O–H groups in total. The van der Waals surface area contributed by atoms with Gasteiger partial charge in [-0.3, -0.25) is 9.32 Å². The van der Waals surface area contributed by atoms with Crippen LogP contribution in [0.2, 0.25) is 0 Å². The second-order valence-corrected chi connectivity index (χ2v) is 9.42. The third kappa shape index (κ3) is 23.8. The van der Waals surface area contributed by atoms with E-state index in [-0.39, 0.29) is 6.61 Å². The Morgan fingerprint density at radius 1 is 0.733 bits per heavy atom. The molecule has 0 aromatic heterocycles. The van der Waals surface area contributed by atoms with Gasteiger partial charge in [0.2, 0.25) is 0 Å². The summed E-state index contributed by atoms with van der Waals surface area (Å²) < 4.78 is 19.5. The summed E-state index contributed by atoms with van der Waals surface area (Å²) in [6.07, 6.45) is 19.4. The fourth-order valence-corrected chi connectivity index (χ4v) is 3.68. The molecule has 0 radical (unpaired) electrons. The predicted molar refractivity (Wildman–Crippen MR) is 119 cm³/mol. The maximum absolute atomic E-state index is 11.6. The summed E-state index contributed by atoms with van der Waals surface area (Å²) in [6, 6.07) is 0. The zero-order valence-electron chi connectivity index (χ0n) is 18.9. The summed E-state index contributed by atoms with van der Waals surface area (Å²) in [5, 5.41) is 9.43. The van der Waals surface area contributed by atoms with Crippen molar-refractivity contribution >= 4 is 13.8 Å². The van der Waals surface area contributed by atoms with E-state index in [0.717, 1.165) is 19.3 Å². The highest BCUT2D eigenvalue weighted by molar-refractivity contribution is 7.46. The summed E-state index contributed by atoms with van der Waals surface area (Å²) in [5.74, 6) is -0.407. The van der Waals surface area contributed by atoms with Crippen molar-refractivity contribution in [3.05, 3.63) is 0 Å². The maximum atomic E-state index is 11.6. The van der Waals surface area contributed by atoms with Crippen molar-refractivity contribution < 1.29 is 33.5 Å². The number of hydrogen-bond acceptors (Lipinski definition) is 5. The van der Waals surface area contributed by atoms with Crippen LogP contribution in [0, 0.1) is 0 Å². The monoisotopic (exact) mass is 452 g/mol. The molecule has 0 amide bonds. The van der Waals surface area contributed by atoms with Gasteiger partial charge in [-0.05, 0) is 6.42 Å². The Balaban J connectivity index is 3.28. The first kappa shape index (κ1) is 29.5. The van der Waals surface area contributed by atoms with Crippen LogP contribution < -0.4 is 0 Å². The molecule has 0 heterocycles. The van der Waals surface area contributed by atoms with Crippen LogP contribution >= 0.6 is 7.82 Å². The summed E-state index contributed by atoms with van der Waals surface area (Å²) in [5.41, 5.74) is 0. The molecule has 8 heteroatoms. The average Bonchev–Trinajstić information content (AvgIpc) is 2.69. The number of ether oxygens (including phenoxy) is 1. The van der Waals surface area contributed by atoms with E-state index in [1.807, 2.05) is 0 Å². The summed E-state index contributed by atoms with van der Waals surface area (Å²) >= 11 is 0. The molecule has 0 rings (SSSR count). The molecular formula is C22H45O7P. The highest BCUT2D eigenvalue weighted by Gasteiger charge is 2.17. The standard InChI is InChI=1S/C22H45O7P/c1-2-3-4-5-6-7-8-9-10-11-12-13-14-15-16-17-18-22(24)28-19-21(23)20-29-30(25,26)27/h21,23H,2-20H2,1H3,(H2,25,26,27)/t21-/m1/s1. The number of esters is 1. The van der Waals surface area contributed by atoms with Crippen molar-refractivity contribution in [2.24, 2.45) is 0 Å². The first-order valence-electron chi connectivity index (χ1n) is 11.9. The Morgan fingerprint density at radius 2 is 1.13 bits per heavy atom. The number of aliphatic hydroxyl groups excluding tert-OH is 1. The predicted octanol–water partition coefficient (Wildman–Crippen LogP) is 5.65. The molecule has 7 nitrogen and oxygen atoms in total. The van der Waals surface area contributed by atoms with Gasteiger partial charge < -0.3 is 19.6 Å². The summed E-state index contributed by atoms with van der Waals surface area (Å²) in [6.45, 7) is 1.36. The number of rotatable bonds is 22. The van der Waals surface area contributed by atoms with Crippen LogP contribution in [0.15, 0.2) is 0 Å². The average molecular weight is 453 g/mol. The second-order valence-electron chi connectivity index (χ2n) is 8.18. The van der Waals surface area contributed by atoms with Crippen LogP contribution in [-0.4, -0.2) is 40.2 Å². The molecule has 1 atom stereocenters. The van der Waals surface area contributed by atoms with Gasteiger partial charge in [0, 0.05) is 6.42 Å². The van der Waals surface area contributed by atoms with Crippen LogP contribution in [0.25, 0.3) is 0 Å². The molecule has 0 aliphatic rings. The number of hydrogen-bond donors (Lipinski definition) is 3. The lowest BCUT2D eigenvalue weighted by Gasteiger charge is -2.12. The minimum atomic E-state index is -4.61. The number of phosphoric ester groups is 1. The van der Waals surface area contributed by atoms with Gasteiger partial charge in [0.1, 0.15) is 12.7 Å². The Morgan fingerprint density at radius 3 is 1.53 bits per heavy atom. The van der Waals surface area contributed by atoms with Gasteiger partial charge in [-0.2, -0.15) is 0 Å². The lowest BCUT2D eigenvalue weighted by molar-refractivity contribution is -0.147. The second kappa shape index (κ2) is 20.4. The van der Waals surface area contributed by atoms with Crippen LogP contribution in [0.1, 0.15) is 116 Å². The lowest BCUT2D eigenvalue weighted by Crippen LogP contribution is -2.23. The topological polar surface area (TPSA) is 113 Å². The minimum absolute atomic E-state index is 0.296. The molecule has 0 aromatic carbocycles. The molecule has 0 aliphatic carbocycles. The Bertz CT molecular complexity index is 439. The molecule has 0 saturated carbocycles. The van der Waals surface area contributed by atoms with Crippen molar-refractivity contribution in [1.29, 1.82) is 0 Å². The van der Waals surface area contributed by atoms with E-state index < -0.39 is 26.5 Å². The van der Waals surface area contributed by atoms with Crippen LogP contribution in [0.5, 0.6) is 0 Å². The first-order valence-corrected chi connectivity index (χ1v) is 13.4. The van der Waals surface area contributed by atoms with E-state index in [1.165, 1.54) is 83.5 Å². The fourth-order valence-electron chi connectivity index (χ4n) is 3.31. The number of phosphoric acid groups is 1. The van der Waals surface area contributed by atoms with Crippen molar-refractivity contribution in [2.45, 2.75) is 122 Å². The molecule has 30 heavy (non-hydrogen) atoms. The molecule has 0 aliphatic heterocycles. The third-order valence-electron chi connectivity index (χ3n) is 5.11. The highest BCUT2D eigenvalue weighted by atomic mass is 31.2. The van der Waals surface area contributed by atoms with E-state index >= 15 is 0 Å². The number of unbranched alkanes of at least 4 members (excludes halogenated alkanes) is 15. The summed E-state index contributed by atoms with van der Waals surface area (Å²) in [7, 11) is -4.61. The molecular weight excluding hydrogens is 407 g/mol. The van der Waals surface area contributed by atoms with Crippen LogP contribution in [-0.2, 0) is 18.6 Å². The fraction of sp³-hybridized carbons (Fsp3) is 0.955. The van der Waals surface area contributed by atoms with Gasteiger partial charge in [0.05, 0.1) is 6.61 Å². The van der Waals surface area contributed by atoms with E-state index in [4.69, 9.17) is 14.5 Å². The van der Waals surface area contributed by atoms with E-state index in [1.54, 1.807) is 0 Å². The van der Waals surface area contributed by atoms with Gasteiger partial charge in [-0.25, -0.2) is 4.57 Å². The molecule has 0 bridgehead atoms. The molecule has 180 valence electrons. The van der Waals surface area contributed by atoms with Crippen molar-refractivity contribution in [1.82, 2.24) is 0 Å². The number of carbonyl (C=O) groups excluding carboxylic acids is 1. The van der Waals surface area contributed by atoms with Crippen LogP contribution in [0.4, 0.5) is 0 Å². The number of aliphatic hydroxyl groups is 1. The van der Waals surface area contributed by atoms with Gasteiger partial charge in [0.25, 0.3) is 0 Å². The smallest absolute Gasteiger partial charge is 0.463 e. The molecule has 0 saturated heterocycles. The minimum Gasteiger partial charge on any atom is -0.463 e. The van der Waals surface area contributed by atoms with Crippen molar-refractivity contribution in [3.63, 3.8) is 0 Å². The quantitative estimate of drug-likeness (QED) is 0.110. The normalized spacial score (nSPS) is 12.8. The zero-order valence-corrected chi connectivity index (χ0v) is 19.8. The Kier molecular flexibility index (Phi) is 20.1. The van der Waals surface area contributed by atoms with Crippen LogP contribution in [0.3, 0.4) is 0 Å². The van der Waals surface area contributed by atoms with E-state index in [9.17, 15) is 14.5 Å². The Hall–Kier alpha value is -0.460. The zero-order chi connectivity index (χ0) is 22.5.